The van der Waals surface area contributed by atoms with E-state index in [2.05, 4.69) is 22.0 Å². The normalized spacial score (nSPS) is 16.5. The van der Waals surface area contributed by atoms with Crippen molar-refractivity contribution in [2.24, 2.45) is 0 Å². The van der Waals surface area contributed by atoms with Crippen LogP contribution in [0.2, 0.25) is 0 Å². The SMILES string of the molecule is Fc1ccc(Oc2ccc(-n3c([C@@H]4CCCN4)nc4ccccc43)cc2)cc1. The van der Waals surface area contributed by atoms with Gasteiger partial charge in [-0.15, -0.1) is 0 Å². The van der Waals surface area contributed by atoms with Gasteiger partial charge in [0.25, 0.3) is 0 Å². The molecule has 0 spiro atoms. The van der Waals surface area contributed by atoms with Crippen LogP contribution in [0.3, 0.4) is 0 Å². The molecular weight excluding hydrogens is 353 g/mol. The molecule has 28 heavy (non-hydrogen) atoms. The van der Waals surface area contributed by atoms with Crippen molar-refractivity contribution in [2.45, 2.75) is 18.9 Å². The number of rotatable bonds is 4. The van der Waals surface area contributed by atoms with Gasteiger partial charge in [0.05, 0.1) is 17.1 Å². The molecule has 0 radical (unpaired) electrons. The number of benzene rings is 3. The lowest BCUT2D eigenvalue weighted by Gasteiger charge is -2.15. The van der Waals surface area contributed by atoms with E-state index >= 15 is 0 Å². The first kappa shape index (κ1) is 17.0. The Hall–Kier alpha value is -3.18. The number of halogens is 1. The molecule has 2 heterocycles. The van der Waals surface area contributed by atoms with E-state index in [-0.39, 0.29) is 11.9 Å². The van der Waals surface area contributed by atoms with Gasteiger partial charge in [-0.1, -0.05) is 12.1 Å². The maximum absolute atomic E-state index is 13.1. The molecule has 1 atom stereocenters. The summed E-state index contributed by atoms with van der Waals surface area (Å²) in [6.45, 7) is 1.03. The molecule has 0 amide bonds. The highest BCUT2D eigenvalue weighted by Gasteiger charge is 2.23. The van der Waals surface area contributed by atoms with Crippen molar-refractivity contribution in [2.75, 3.05) is 6.54 Å². The first-order valence-electron chi connectivity index (χ1n) is 9.52. The average Bonchev–Trinajstić information content (AvgIpc) is 3.38. The number of para-hydroxylation sites is 2. The van der Waals surface area contributed by atoms with Crippen molar-refractivity contribution < 1.29 is 9.13 Å². The summed E-state index contributed by atoms with van der Waals surface area (Å²) in [4.78, 5) is 4.90. The molecule has 0 saturated carbocycles. The van der Waals surface area contributed by atoms with Gasteiger partial charge in [-0.3, -0.25) is 4.57 Å². The molecule has 0 aliphatic carbocycles. The van der Waals surface area contributed by atoms with Crippen LogP contribution in [0.1, 0.15) is 24.7 Å². The second-order valence-corrected chi connectivity index (χ2v) is 6.99. The minimum absolute atomic E-state index is 0.266. The van der Waals surface area contributed by atoms with Crippen LogP contribution in [-0.4, -0.2) is 16.1 Å². The van der Waals surface area contributed by atoms with Crippen LogP contribution < -0.4 is 10.1 Å². The van der Waals surface area contributed by atoms with Crippen LogP contribution >= 0.6 is 0 Å². The Morgan fingerprint density at radius 3 is 2.36 bits per heavy atom. The van der Waals surface area contributed by atoms with Crippen LogP contribution in [-0.2, 0) is 0 Å². The molecule has 1 fully saturated rings. The molecule has 1 N–H and O–H groups in total. The molecule has 1 aliphatic rings. The largest absolute Gasteiger partial charge is 0.457 e. The quantitative estimate of drug-likeness (QED) is 0.522. The molecule has 4 nitrogen and oxygen atoms in total. The number of fused-ring (bicyclic) bond motifs is 1. The lowest BCUT2D eigenvalue weighted by atomic mass is 10.2. The van der Waals surface area contributed by atoms with Crippen molar-refractivity contribution >= 4 is 11.0 Å². The Bertz CT molecular complexity index is 1100. The molecule has 1 saturated heterocycles. The predicted molar refractivity (Wildman–Crippen MR) is 108 cm³/mol. The van der Waals surface area contributed by atoms with E-state index in [4.69, 9.17) is 9.72 Å². The van der Waals surface area contributed by atoms with Gasteiger partial charge in [-0.25, -0.2) is 9.37 Å². The molecule has 0 bridgehead atoms. The highest BCUT2D eigenvalue weighted by Crippen LogP contribution is 2.31. The van der Waals surface area contributed by atoms with E-state index in [0.717, 1.165) is 41.9 Å². The Labute approximate surface area is 162 Å². The van der Waals surface area contributed by atoms with Crippen LogP contribution in [0.5, 0.6) is 11.5 Å². The van der Waals surface area contributed by atoms with E-state index < -0.39 is 0 Å². The maximum Gasteiger partial charge on any atom is 0.131 e. The second kappa shape index (κ2) is 7.09. The van der Waals surface area contributed by atoms with Crippen LogP contribution in [0.4, 0.5) is 4.39 Å². The van der Waals surface area contributed by atoms with Gasteiger partial charge in [0.1, 0.15) is 23.1 Å². The van der Waals surface area contributed by atoms with Crippen molar-refractivity contribution in [3.8, 4) is 17.2 Å². The molecule has 1 aliphatic heterocycles. The molecule has 0 unspecified atom stereocenters. The monoisotopic (exact) mass is 373 g/mol. The topological polar surface area (TPSA) is 39.1 Å². The summed E-state index contributed by atoms with van der Waals surface area (Å²) in [6.07, 6.45) is 2.26. The van der Waals surface area contributed by atoms with Gasteiger partial charge in [-0.05, 0) is 80.1 Å². The summed E-state index contributed by atoms with van der Waals surface area (Å²) >= 11 is 0. The van der Waals surface area contributed by atoms with Gasteiger partial charge in [0, 0.05) is 5.69 Å². The molecule has 5 rings (SSSR count). The third kappa shape index (κ3) is 3.14. The summed E-state index contributed by atoms with van der Waals surface area (Å²) in [5, 5.41) is 3.55. The maximum atomic E-state index is 13.1. The summed E-state index contributed by atoms with van der Waals surface area (Å²) in [5.74, 6) is 2.09. The molecule has 4 aromatic rings. The first-order valence-corrected chi connectivity index (χ1v) is 9.52. The first-order chi connectivity index (χ1) is 13.8. The summed E-state index contributed by atoms with van der Waals surface area (Å²) in [6, 6.07) is 22.4. The smallest absolute Gasteiger partial charge is 0.131 e. The fraction of sp³-hybridized carbons (Fsp3) is 0.174. The second-order valence-electron chi connectivity index (χ2n) is 6.99. The van der Waals surface area contributed by atoms with Crippen molar-refractivity contribution in [1.29, 1.82) is 0 Å². The zero-order valence-electron chi connectivity index (χ0n) is 15.3. The van der Waals surface area contributed by atoms with E-state index in [1.54, 1.807) is 12.1 Å². The number of nitrogens with one attached hydrogen (secondary N) is 1. The number of hydrogen-bond donors (Lipinski definition) is 1. The highest BCUT2D eigenvalue weighted by molar-refractivity contribution is 5.78. The fourth-order valence-corrected chi connectivity index (χ4v) is 3.76. The van der Waals surface area contributed by atoms with E-state index in [9.17, 15) is 4.39 Å². The van der Waals surface area contributed by atoms with Gasteiger partial charge in [0.2, 0.25) is 0 Å². The number of nitrogens with zero attached hydrogens (tertiary/aromatic N) is 2. The van der Waals surface area contributed by atoms with E-state index in [1.165, 1.54) is 12.1 Å². The standard InChI is InChI=1S/C23H20FN3O/c24-16-7-11-18(12-8-16)28-19-13-9-17(10-14-19)27-22-6-2-1-4-20(22)26-23(27)21-5-3-15-25-21/h1-2,4,6-14,21,25H,3,5,15H2/t21-/m0/s1. The Balaban J connectivity index is 1.51. The molecule has 3 aromatic carbocycles. The molecular formula is C23H20FN3O. The highest BCUT2D eigenvalue weighted by atomic mass is 19.1. The lowest BCUT2D eigenvalue weighted by Crippen LogP contribution is -2.17. The van der Waals surface area contributed by atoms with E-state index in [1.807, 2.05) is 36.4 Å². The van der Waals surface area contributed by atoms with Crippen molar-refractivity contribution in [1.82, 2.24) is 14.9 Å². The zero-order chi connectivity index (χ0) is 18.9. The lowest BCUT2D eigenvalue weighted by molar-refractivity contribution is 0.480. The minimum atomic E-state index is -0.275. The Morgan fingerprint density at radius 2 is 1.64 bits per heavy atom. The number of hydrogen-bond acceptors (Lipinski definition) is 3. The summed E-state index contributed by atoms with van der Waals surface area (Å²) < 4.78 is 21.1. The molecule has 5 heteroatoms. The fourth-order valence-electron chi connectivity index (χ4n) is 3.76. The van der Waals surface area contributed by atoms with Crippen LogP contribution in [0.25, 0.3) is 16.7 Å². The Morgan fingerprint density at radius 1 is 0.929 bits per heavy atom. The minimum Gasteiger partial charge on any atom is -0.457 e. The Kier molecular flexibility index (Phi) is 4.29. The van der Waals surface area contributed by atoms with E-state index in [0.29, 0.717) is 11.5 Å². The van der Waals surface area contributed by atoms with Crippen molar-refractivity contribution in [3.63, 3.8) is 0 Å². The average molecular weight is 373 g/mol. The van der Waals surface area contributed by atoms with Crippen LogP contribution in [0, 0.1) is 5.82 Å². The number of aromatic nitrogens is 2. The predicted octanol–water partition coefficient (Wildman–Crippen LogP) is 5.38. The third-order valence-electron chi connectivity index (χ3n) is 5.10. The van der Waals surface area contributed by atoms with Gasteiger partial charge >= 0.3 is 0 Å². The summed E-state index contributed by atoms with van der Waals surface area (Å²) in [5.41, 5.74) is 3.14. The molecule has 1 aromatic heterocycles. The number of ether oxygens (including phenoxy) is 1. The zero-order valence-corrected chi connectivity index (χ0v) is 15.3. The molecule has 140 valence electrons. The third-order valence-corrected chi connectivity index (χ3v) is 5.10. The van der Waals surface area contributed by atoms with Gasteiger partial charge < -0.3 is 10.1 Å². The van der Waals surface area contributed by atoms with Gasteiger partial charge in [-0.2, -0.15) is 0 Å². The van der Waals surface area contributed by atoms with Crippen molar-refractivity contribution in [3.05, 3.63) is 84.4 Å². The summed E-state index contributed by atoms with van der Waals surface area (Å²) in [7, 11) is 0. The number of imidazole rings is 1. The van der Waals surface area contributed by atoms with Crippen LogP contribution in [0.15, 0.2) is 72.8 Å². The van der Waals surface area contributed by atoms with Gasteiger partial charge in [0.15, 0.2) is 0 Å².